The predicted molar refractivity (Wildman–Crippen MR) is 138 cm³/mol. The monoisotopic (exact) mass is 532 g/mol. The van der Waals surface area contributed by atoms with E-state index in [0.717, 1.165) is 43.9 Å². The third-order valence-electron chi connectivity index (χ3n) is 7.04. The van der Waals surface area contributed by atoms with Crippen molar-refractivity contribution in [2.45, 2.75) is 57.5 Å². The van der Waals surface area contributed by atoms with Gasteiger partial charge in [0, 0.05) is 32.4 Å². The van der Waals surface area contributed by atoms with E-state index in [-0.39, 0.29) is 42.0 Å². The molecule has 0 radical (unpaired) electrons. The lowest BCUT2D eigenvalue weighted by Gasteiger charge is -2.26. The van der Waals surface area contributed by atoms with Crippen molar-refractivity contribution in [1.29, 1.82) is 0 Å². The lowest BCUT2D eigenvalue weighted by molar-refractivity contribution is -0.119. The van der Waals surface area contributed by atoms with Gasteiger partial charge in [-0.2, -0.15) is 0 Å². The molecule has 0 spiro atoms. The summed E-state index contributed by atoms with van der Waals surface area (Å²) < 4.78 is 59.0. The number of hydrogen-bond acceptors (Lipinski definition) is 7. The van der Waals surface area contributed by atoms with Gasteiger partial charge in [0.2, 0.25) is 10.0 Å². The van der Waals surface area contributed by atoms with Crippen LogP contribution >= 0.6 is 0 Å². The largest absolute Gasteiger partial charge is 0.374 e. The summed E-state index contributed by atoms with van der Waals surface area (Å²) in [5.74, 6) is 0.129. The fourth-order valence-electron chi connectivity index (χ4n) is 4.73. The molecular formula is C26H30F2N4O4S. The van der Waals surface area contributed by atoms with E-state index < -0.39 is 16.4 Å². The van der Waals surface area contributed by atoms with Gasteiger partial charge in [-0.25, -0.2) is 22.2 Å². The van der Waals surface area contributed by atoms with E-state index in [0.29, 0.717) is 35.1 Å². The molecule has 1 saturated heterocycles. The molecule has 1 aliphatic carbocycles. The van der Waals surface area contributed by atoms with Crippen LogP contribution < -0.4 is 9.62 Å². The summed E-state index contributed by atoms with van der Waals surface area (Å²) in [6, 6.07) is 7.08. The first-order valence-electron chi connectivity index (χ1n) is 12.5. The van der Waals surface area contributed by atoms with Gasteiger partial charge < -0.3 is 10.1 Å². The number of sulfonamides is 1. The van der Waals surface area contributed by atoms with Crippen LogP contribution in [0.15, 0.2) is 29.3 Å². The summed E-state index contributed by atoms with van der Waals surface area (Å²) >= 11 is 0. The Morgan fingerprint density at radius 3 is 2.62 bits per heavy atom. The van der Waals surface area contributed by atoms with E-state index in [1.165, 1.54) is 11.4 Å². The highest BCUT2D eigenvalue weighted by atomic mass is 32.2. The van der Waals surface area contributed by atoms with E-state index in [2.05, 4.69) is 15.3 Å². The zero-order chi connectivity index (χ0) is 26.3. The summed E-state index contributed by atoms with van der Waals surface area (Å²) in [5.41, 5.74) is 2.99. The van der Waals surface area contributed by atoms with Gasteiger partial charge in [-0.1, -0.05) is 6.07 Å². The Labute approximate surface area is 215 Å². The molecule has 3 aliphatic rings. The van der Waals surface area contributed by atoms with Crippen LogP contribution in [0.25, 0.3) is 0 Å². The molecule has 2 aromatic rings. The topological polar surface area (TPSA) is 101 Å². The average molecular weight is 533 g/mol. The van der Waals surface area contributed by atoms with Crippen LogP contribution in [0.3, 0.4) is 0 Å². The molecule has 3 heterocycles. The predicted octanol–water partition coefficient (Wildman–Crippen LogP) is 4.88. The molecule has 11 heteroatoms. The fourth-order valence-corrected chi connectivity index (χ4v) is 5.24. The number of anilines is 3. The van der Waals surface area contributed by atoms with Crippen LogP contribution in [0, 0.1) is 5.92 Å². The van der Waals surface area contributed by atoms with E-state index in [1.54, 1.807) is 18.2 Å². The summed E-state index contributed by atoms with van der Waals surface area (Å²) in [4.78, 5) is 21.1. The van der Waals surface area contributed by atoms with Gasteiger partial charge in [-0.3, -0.25) is 14.1 Å². The highest BCUT2D eigenvalue weighted by molar-refractivity contribution is 7.92. The van der Waals surface area contributed by atoms with Crippen molar-refractivity contribution in [3.8, 4) is 0 Å². The smallest absolute Gasteiger partial charge is 0.277 e. The molecule has 1 unspecified atom stereocenters. The molecule has 8 nitrogen and oxygen atoms in total. The van der Waals surface area contributed by atoms with Gasteiger partial charge >= 0.3 is 0 Å². The van der Waals surface area contributed by atoms with Crippen molar-refractivity contribution < 1.29 is 26.7 Å². The molecule has 1 atom stereocenters. The number of aromatic nitrogens is 1. The Hall–Kier alpha value is -2.92. The minimum absolute atomic E-state index is 0.0453. The minimum atomic E-state index is -3.61. The Balaban J connectivity index is 1.54. The first kappa shape index (κ1) is 25.7. The van der Waals surface area contributed by atoms with Crippen molar-refractivity contribution in [2.75, 3.05) is 29.5 Å². The van der Waals surface area contributed by atoms with Crippen molar-refractivity contribution in [3.05, 3.63) is 41.2 Å². The minimum Gasteiger partial charge on any atom is -0.374 e. The molecule has 1 N–H and O–H groups in total. The standard InChI is InChI=1S/C26H30F2N4O4S/c1-32(37(2,34)35)22-11-16(24-5-3-4-10-36-24)8-9-18(22)30-19-12-17(13-23(33)15-6-7-15)29-20-14-21(26(27)28)31-25(19)20/h8-9,11-12,15,24,26H,3-7,10,13-14H2,1-2H3,(H,29,30). The van der Waals surface area contributed by atoms with Gasteiger partial charge in [0.1, 0.15) is 11.5 Å². The number of halogens is 2. The molecule has 2 fully saturated rings. The number of ketones is 1. The number of Topliss-reactive ketones (excluding diaryl/α,β-unsaturated/α-hetero) is 1. The number of pyridine rings is 1. The molecule has 198 valence electrons. The molecule has 1 aromatic heterocycles. The van der Waals surface area contributed by atoms with Gasteiger partial charge in [0.25, 0.3) is 6.43 Å². The van der Waals surface area contributed by atoms with Crippen molar-refractivity contribution >= 4 is 44.3 Å². The summed E-state index contributed by atoms with van der Waals surface area (Å²) in [6.45, 7) is 0.651. The zero-order valence-electron chi connectivity index (χ0n) is 20.8. The first-order valence-corrected chi connectivity index (χ1v) is 14.3. The number of nitrogens with one attached hydrogen (secondary N) is 1. The normalized spacial score (nSPS) is 19.5. The molecule has 5 rings (SSSR count). The van der Waals surface area contributed by atoms with Crippen LogP contribution in [-0.4, -0.2) is 51.2 Å². The van der Waals surface area contributed by atoms with Crippen LogP contribution in [0.2, 0.25) is 0 Å². The van der Waals surface area contributed by atoms with Crippen molar-refractivity contribution in [3.63, 3.8) is 0 Å². The Bertz CT molecular complexity index is 1350. The van der Waals surface area contributed by atoms with Crippen molar-refractivity contribution in [1.82, 2.24) is 4.98 Å². The highest BCUT2D eigenvalue weighted by Gasteiger charge is 2.31. The highest BCUT2D eigenvalue weighted by Crippen LogP contribution is 2.41. The van der Waals surface area contributed by atoms with Gasteiger partial charge in [0.15, 0.2) is 0 Å². The van der Waals surface area contributed by atoms with Crippen LogP contribution in [0.4, 0.5) is 31.5 Å². The van der Waals surface area contributed by atoms with Crippen molar-refractivity contribution in [2.24, 2.45) is 10.9 Å². The van der Waals surface area contributed by atoms with Gasteiger partial charge in [0.05, 0.1) is 46.5 Å². The third kappa shape index (κ3) is 5.67. The second-order valence-corrected chi connectivity index (χ2v) is 12.0. The number of rotatable bonds is 9. The second kappa shape index (κ2) is 10.1. The van der Waals surface area contributed by atoms with Crippen LogP contribution in [0.5, 0.6) is 0 Å². The zero-order valence-corrected chi connectivity index (χ0v) is 21.7. The molecule has 1 saturated carbocycles. The Morgan fingerprint density at radius 2 is 1.97 bits per heavy atom. The van der Waals surface area contributed by atoms with E-state index in [9.17, 15) is 22.0 Å². The number of carbonyl (C=O) groups excluding carboxylic acids is 1. The number of hydrogen-bond donors (Lipinski definition) is 1. The van der Waals surface area contributed by atoms with Crippen LogP contribution in [-0.2, 0) is 32.4 Å². The number of aliphatic imine (C=N–C) groups is 1. The summed E-state index contributed by atoms with van der Waals surface area (Å²) in [7, 11) is -2.14. The maximum Gasteiger partial charge on any atom is 0.277 e. The summed E-state index contributed by atoms with van der Waals surface area (Å²) in [5, 5.41) is 3.22. The third-order valence-corrected chi connectivity index (χ3v) is 8.23. The molecule has 1 aromatic carbocycles. The molecule has 37 heavy (non-hydrogen) atoms. The number of ether oxygens (including phenoxy) is 1. The average Bonchev–Trinajstić information content (AvgIpc) is 3.62. The molecule has 0 bridgehead atoms. The second-order valence-electron chi connectivity index (χ2n) is 9.94. The number of nitrogens with zero attached hydrogens (tertiary/aromatic N) is 3. The molecular weight excluding hydrogens is 502 g/mol. The lowest BCUT2D eigenvalue weighted by atomic mass is 10.00. The van der Waals surface area contributed by atoms with E-state index >= 15 is 0 Å². The van der Waals surface area contributed by atoms with Crippen LogP contribution in [0.1, 0.15) is 55.2 Å². The fraction of sp³-hybridized carbons (Fsp3) is 0.500. The SMILES string of the molecule is CN(c1cc(C2CCCCO2)ccc1Nc1cc(CC(=O)C2CC2)nc2c1N=C(C(F)F)C2)S(C)(=O)=O. The molecule has 2 aliphatic heterocycles. The maximum atomic E-state index is 13.5. The lowest BCUT2D eigenvalue weighted by Crippen LogP contribution is -2.26. The molecule has 0 amide bonds. The maximum absolute atomic E-state index is 13.5. The number of fused-ring (bicyclic) bond motifs is 1. The van der Waals surface area contributed by atoms with E-state index in [4.69, 9.17) is 4.74 Å². The number of benzene rings is 1. The first-order chi connectivity index (χ1) is 17.6. The van der Waals surface area contributed by atoms with Gasteiger partial charge in [-0.05, 0) is 55.9 Å². The quantitative estimate of drug-likeness (QED) is 0.494. The van der Waals surface area contributed by atoms with E-state index in [1.807, 2.05) is 6.07 Å². The van der Waals surface area contributed by atoms with Gasteiger partial charge in [-0.15, -0.1) is 0 Å². The Morgan fingerprint density at radius 1 is 1.19 bits per heavy atom. The number of carbonyl (C=O) groups is 1. The summed E-state index contributed by atoms with van der Waals surface area (Å²) in [6.07, 6.45) is 2.88. The Kier molecular flexibility index (Phi) is 7.01. The number of alkyl halides is 2.